The van der Waals surface area contributed by atoms with Crippen LogP contribution in [0.1, 0.15) is 80.1 Å². The Morgan fingerprint density at radius 3 is 2.64 bits per heavy atom. The molecule has 7 heteroatoms. The molecule has 4 fully saturated rings. The number of amides is 3. The molecule has 1 aromatic rings. The zero-order chi connectivity index (χ0) is 22.6. The minimum absolute atomic E-state index is 0.135. The van der Waals surface area contributed by atoms with Gasteiger partial charge in [0, 0.05) is 31.1 Å². The van der Waals surface area contributed by atoms with E-state index < -0.39 is 6.04 Å². The van der Waals surface area contributed by atoms with Gasteiger partial charge in [0.25, 0.3) is 5.91 Å². The summed E-state index contributed by atoms with van der Waals surface area (Å²) in [5, 5.41) is 2.36. The van der Waals surface area contributed by atoms with Gasteiger partial charge in [-0.05, 0) is 87.1 Å². The first-order valence-electron chi connectivity index (χ1n) is 12.7. The minimum Gasteiger partial charge on any atom is -0.489 e. The van der Waals surface area contributed by atoms with Crippen LogP contribution < -0.4 is 10.1 Å². The van der Waals surface area contributed by atoms with Crippen molar-refractivity contribution in [3.05, 3.63) is 29.3 Å². The van der Waals surface area contributed by atoms with Crippen LogP contribution in [0.4, 0.5) is 0 Å². The van der Waals surface area contributed by atoms with Gasteiger partial charge in [0.2, 0.25) is 11.8 Å². The predicted octanol–water partition coefficient (Wildman–Crippen LogP) is 3.01. The van der Waals surface area contributed by atoms with Crippen LogP contribution in [-0.4, -0.2) is 58.8 Å². The highest BCUT2D eigenvalue weighted by atomic mass is 16.5. The fraction of sp³-hybridized carbons (Fsp3) is 0.654. The third-order valence-electron chi connectivity index (χ3n) is 8.77. The van der Waals surface area contributed by atoms with Crippen molar-refractivity contribution in [3.63, 3.8) is 0 Å². The van der Waals surface area contributed by atoms with Crippen molar-refractivity contribution in [1.29, 1.82) is 0 Å². The lowest BCUT2D eigenvalue weighted by molar-refractivity contribution is -0.136. The van der Waals surface area contributed by atoms with Crippen LogP contribution in [0.15, 0.2) is 18.2 Å². The highest BCUT2D eigenvalue weighted by Crippen LogP contribution is 2.48. The molecule has 5 aliphatic rings. The van der Waals surface area contributed by atoms with Crippen molar-refractivity contribution in [3.8, 4) is 5.75 Å². The fourth-order valence-corrected chi connectivity index (χ4v) is 6.87. The molecule has 0 aromatic heterocycles. The van der Waals surface area contributed by atoms with E-state index in [1.54, 1.807) is 4.90 Å². The minimum atomic E-state index is -0.580. The molecule has 3 aliphatic heterocycles. The van der Waals surface area contributed by atoms with Gasteiger partial charge in [0.15, 0.2) is 0 Å². The van der Waals surface area contributed by atoms with Crippen molar-refractivity contribution < 1.29 is 19.1 Å². The monoisotopic (exact) mass is 451 g/mol. The maximum atomic E-state index is 12.9. The quantitative estimate of drug-likeness (QED) is 0.712. The van der Waals surface area contributed by atoms with E-state index in [4.69, 9.17) is 4.74 Å². The Labute approximate surface area is 194 Å². The van der Waals surface area contributed by atoms with Gasteiger partial charge in [0.05, 0.1) is 0 Å². The third kappa shape index (κ3) is 3.74. The van der Waals surface area contributed by atoms with E-state index in [0.29, 0.717) is 30.0 Å². The summed E-state index contributed by atoms with van der Waals surface area (Å²) in [5.74, 6) is 0.0467. The Bertz CT molecular complexity index is 988. The molecule has 1 unspecified atom stereocenters. The number of hydrogen-bond acceptors (Lipinski definition) is 5. The van der Waals surface area contributed by atoms with E-state index in [0.717, 1.165) is 17.7 Å². The number of imide groups is 1. The second-order valence-corrected chi connectivity index (χ2v) is 10.8. The molecule has 2 saturated heterocycles. The molecule has 3 heterocycles. The average Bonchev–Trinajstić information content (AvgIpc) is 3.37. The standard InChI is InChI=1S/C26H33N3O4/c30-23-9-8-21(24(31)27-23)29-15-17-14-18(6-7-19(17)25(29)32)33-22-5-1-4-20(22)28-13-3-12-26(16-28)10-2-11-26/h6-7,14,20-22H,1-5,8-13,15-16H2,(H,27,30,31)/t20-,21?,22-/m1/s1. The smallest absolute Gasteiger partial charge is 0.255 e. The molecule has 0 radical (unpaired) electrons. The summed E-state index contributed by atoms with van der Waals surface area (Å²) < 4.78 is 6.54. The van der Waals surface area contributed by atoms with Crippen molar-refractivity contribution in [2.24, 2.45) is 5.41 Å². The van der Waals surface area contributed by atoms with E-state index >= 15 is 0 Å². The number of nitrogens with zero attached hydrogens (tertiary/aromatic N) is 2. The van der Waals surface area contributed by atoms with Gasteiger partial charge in [-0.2, -0.15) is 0 Å². The molecule has 2 saturated carbocycles. The third-order valence-corrected chi connectivity index (χ3v) is 8.77. The summed E-state index contributed by atoms with van der Waals surface area (Å²) in [6.45, 7) is 2.81. The van der Waals surface area contributed by atoms with Gasteiger partial charge in [-0.25, -0.2) is 0 Å². The average molecular weight is 452 g/mol. The Morgan fingerprint density at radius 2 is 1.85 bits per heavy atom. The van der Waals surface area contributed by atoms with E-state index in [2.05, 4.69) is 10.2 Å². The van der Waals surface area contributed by atoms with Gasteiger partial charge in [0.1, 0.15) is 17.9 Å². The number of carbonyl (C=O) groups is 3. The molecule has 3 amide bonds. The number of carbonyl (C=O) groups excluding carboxylic acids is 3. The van der Waals surface area contributed by atoms with Crippen molar-refractivity contribution in [2.45, 2.75) is 88.9 Å². The molecule has 2 aliphatic carbocycles. The summed E-state index contributed by atoms with van der Waals surface area (Å²) in [6, 6.07) is 5.64. The molecule has 1 N–H and O–H groups in total. The largest absolute Gasteiger partial charge is 0.489 e. The Kier molecular flexibility index (Phi) is 5.20. The second-order valence-electron chi connectivity index (χ2n) is 10.8. The molecule has 1 aromatic carbocycles. The first-order chi connectivity index (χ1) is 16.0. The lowest BCUT2D eigenvalue weighted by Gasteiger charge is -2.51. The summed E-state index contributed by atoms with van der Waals surface area (Å²) in [7, 11) is 0. The van der Waals surface area contributed by atoms with Crippen LogP contribution in [0.2, 0.25) is 0 Å². The summed E-state index contributed by atoms with van der Waals surface area (Å²) in [4.78, 5) is 41.0. The predicted molar refractivity (Wildman–Crippen MR) is 122 cm³/mol. The first-order valence-corrected chi connectivity index (χ1v) is 12.7. The van der Waals surface area contributed by atoms with Crippen molar-refractivity contribution in [1.82, 2.24) is 15.1 Å². The molecule has 176 valence electrons. The summed E-state index contributed by atoms with van der Waals surface area (Å²) in [5.41, 5.74) is 2.12. The Balaban J connectivity index is 1.14. The van der Waals surface area contributed by atoms with Crippen LogP contribution in [-0.2, 0) is 16.1 Å². The topological polar surface area (TPSA) is 79.0 Å². The lowest BCUT2D eigenvalue weighted by Crippen LogP contribution is -2.53. The number of piperidine rings is 2. The number of nitrogens with one attached hydrogen (secondary N) is 1. The molecule has 0 bridgehead atoms. The number of hydrogen-bond donors (Lipinski definition) is 1. The summed E-state index contributed by atoms with van der Waals surface area (Å²) in [6.07, 6.45) is 11.2. The second kappa shape index (κ2) is 8.12. The van der Waals surface area contributed by atoms with Gasteiger partial charge >= 0.3 is 0 Å². The van der Waals surface area contributed by atoms with Crippen molar-refractivity contribution in [2.75, 3.05) is 13.1 Å². The normalized spacial score (nSPS) is 31.5. The number of benzene rings is 1. The molecule has 6 rings (SSSR count). The van der Waals surface area contributed by atoms with Gasteiger partial charge in [-0.1, -0.05) is 6.42 Å². The highest BCUT2D eigenvalue weighted by Gasteiger charge is 2.45. The molecule has 1 spiro atoms. The van der Waals surface area contributed by atoms with Crippen LogP contribution >= 0.6 is 0 Å². The van der Waals surface area contributed by atoms with E-state index in [9.17, 15) is 14.4 Å². The van der Waals surface area contributed by atoms with Crippen LogP contribution in [0, 0.1) is 5.41 Å². The fourth-order valence-electron chi connectivity index (χ4n) is 6.87. The van der Waals surface area contributed by atoms with E-state index in [1.165, 1.54) is 58.0 Å². The zero-order valence-corrected chi connectivity index (χ0v) is 19.2. The maximum Gasteiger partial charge on any atom is 0.255 e. The number of ether oxygens (including phenoxy) is 1. The molecule has 3 atom stereocenters. The van der Waals surface area contributed by atoms with Gasteiger partial charge < -0.3 is 9.64 Å². The van der Waals surface area contributed by atoms with E-state index in [-0.39, 0.29) is 30.2 Å². The van der Waals surface area contributed by atoms with Gasteiger partial charge in [-0.15, -0.1) is 0 Å². The SMILES string of the molecule is O=C1CCC(N2Cc3cc(O[C@@H]4CCC[C@H]4N4CCCC5(CCC5)C4)ccc3C2=O)C(=O)N1. The number of likely N-dealkylation sites (tertiary alicyclic amines) is 1. The number of rotatable bonds is 4. The van der Waals surface area contributed by atoms with Crippen LogP contribution in [0.3, 0.4) is 0 Å². The Morgan fingerprint density at radius 1 is 1.00 bits per heavy atom. The molecule has 7 nitrogen and oxygen atoms in total. The Hall–Kier alpha value is -2.41. The van der Waals surface area contributed by atoms with Gasteiger partial charge in [-0.3, -0.25) is 24.6 Å². The summed E-state index contributed by atoms with van der Waals surface area (Å²) >= 11 is 0. The first kappa shape index (κ1) is 21.1. The van der Waals surface area contributed by atoms with Crippen molar-refractivity contribution >= 4 is 17.7 Å². The molecule has 33 heavy (non-hydrogen) atoms. The lowest BCUT2D eigenvalue weighted by atomic mass is 9.64. The maximum absolute atomic E-state index is 12.9. The number of fused-ring (bicyclic) bond motifs is 1. The van der Waals surface area contributed by atoms with Crippen LogP contribution in [0.25, 0.3) is 0 Å². The highest BCUT2D eigenvalue weighted by molar-refractivity contribution is 6.05. The van der Waals surface area contributed by atoms with Crippen LogP contribution in [0.5, 0.6) is 5.75 Å². The molecular formula is C26H33N3O4. The zero-order valence-electron chi connectivity index (χ0n) is 19.2. The van der Waals surface area contributed by atoms with E-state index in [1.807, 2.05) is 18.2 Å². The molecular weight excluding hydrogens is 418 g/mol.